The van der Waals surface area contributed by atoms with Gasteiger partial charge in [0, 0.05) is 6.04 Å². The molecular formula is C13H23NO3S. The van der Waals surface area contributed by atoms with E-state index < -0.39 is 10.1 Å². The summed E-state index contributed by atoms with van der Waals surface area (Å²) < 4.78 is 30.5. The maximum Gasteiger partial charge on any atom is 0.264 e. The minimum Gasteiger partial charge on any atom is -0.327 e. The molecule has 1 atom stereocenters. The molecular weight excluding hydrogens is 250 g/mol. The zero-order chi connectivity index (χ0) is 12.9. The fourth-order valence-corrected chi connectivity index (χ4v) is 5.71. The maximum absolute atomic E-state index is 10.8. The molecule has 5 heteroatoms. The second kappa shape index (κ2) is 4.46. The van der Waals surface area contributed by atoms with E-state index >= 15 is 0 Å². The minimum absolute atomic E-state index is 0.0538. The van der Waals surface area contributed by atoms with Crippen LogP contribution >= 0.6 is 0 Å². The van der Waals surface area contributed by atoms with Gasteiger partial charge >= 0.3 is 0 Å². The lowest BCUT2D eigenvalue weighted by Crippen LogP contribution is -2.52. The highest BCUT2D eigenvalue weighted by Gasteiger charge is 2.49. The summed E-state index contributed by atoms with van der Waals surface area (Å²) in [6, 6.07) is -0.0538. The van der Waals surface area contributed by atoms with Crippen molar-refractivity contribution in [1.29, 1.82) is 0 Å². The Bertz CT molecular complexity index is 392. The van der Waals surface area contributed by atoms with Crippen molar-refractivity contribution in [1.82, 2.24) is 0 Å². The largest absolute Gasteiger partial charge is 0.327 e. The molecule has 4 nitrogen and oxygen atoms in total. The quantitative estimate of drug-likeness (QED) is 0.763. The lowest BCUT2D eigenvalue weighted by Gasteiger charge is -2.56. The van der Waals surface area contributed by atoms with E-state index in [1.807, 2.05) is 0 Å². The second-order valence-corrected chi connectivity index (χ2v) is 8.32. The van der Waals surface area contributed by atoms with Gasteiger partial charge in [-0.15, -0.1) is 0 Å². The predicted molar refractivity (Wildman–Crippen MR) is 69.5 cm³/mol. The van der Waals surface area contributed by atoms with Crippen LogP contribution in [0.5, 0.6) is 0 Å². The smallest absolute Gasteiger partial charge is 0.264 e. The van der Waals surface area contributed by atoms with Crippen LogP contribution in [0, 0.1) is 29.6 Å². The SMILES string of the molecule is NC(CCS(=O)(=O)O)C1C2CC3CC(C2)CC1C3. The number of nitrogens with two attached hydrogens (primary N) is 1. The molecule has 0 radical (unpaired) electrons. The summed E-state index contributed by atoms with van der Waals surface area (Å²) in [6.45, 7) is 0. The van der Waals surface area contributed by atoms with E-state index in [2.05, 4.69) is 0 Å². The van der Waals surface area contributed by atoms with Gasteiger partial charge in [0.1, 0.15) is 0 Å². The van der Waals surface area contributed by atoms with Crippen molar-refractivity contribution in [2.45, 2.75) is 44.6 Å². The molecule has 18 heavy (non-hydrogen) atoms. The minimum atomic E-state index is -3.86. The monoisotopic (exact) mass is 273 g/mol. The predicted octanol–water partition coefficient (Wildman–Crippen LogP) is 1.66. The molecule has 0 aromatic heterocycles. The van der Waals surface area contributed by atoms with E-state index in [9.17, 15) is 8.42 Å². The van der Waals surface area contributed by atoms with Gasteiger partial charge in [0.05, 0.1) is 5.75 Å². The highest BCUT2D eigenvalue weighted by atomic mass is 32.2. The van der Waals surface area contributed by atoms with Crippen LogP contribution in [-0.4, -0.2) is 24.8 Å². The second-order valence-electron chi connectivity index (χ2n) is 6.75. The molecule has 0 saturated heterocycles. The van der Waals surface area contributed by atoms with E-state index in [0.717, 1.165) is 23.7 Å². The molecule has 4 bridgehead atoms. The molecule has 3 N–H and O–H groups in total. The molecule has 0 amide bonds. The highest BCUT2D eigenvalue weighted by molar-refractivity contribution is 7.85. The standard InChI is InChI=1S/C13H23NO3S/c14-12(1-2-18(15,16)17)13-10-4-8-3-9(6-10)7-11(13)5-8/h8-13H,1-7,14H2,(H,15,16,17). The Kier molecular flexibility index (Phi) is 3.19. The summed E-state index contributed by atoms with van der Waals surface area (Å²) in [6.07, 6.45) is 7.04. The number of hydrogen-bond donors (Lipinski definition) is 2. The van der Waals surface area contributed by atoms with Gasteiger partial charge in [0.15, 0.2) is 0 Å². The molecule has 4 fully saturated rings. The summed E-state index contributed by atoms with van der Waals surface area (Å²) >= 11 is 0. The average Bonchev–Trinajstić information content (AvgIpc) is 2.23. The maximum atomic E-state index is 10.8. The first-order valence-electron chi connectivity index (χ1n) is 7.13. The Hall–Kier alpha value is -0.130. The van der Waals surface area contributed by atoms with E-state index in [4.69, 9.17) is 10.3 Å². The van der Waals surface area contributed by atoms with Crippen LogP contribution in [0.1, 0.15) is 38.5 Å². The molecule has 4 aliphatic rings. The summed E-state index contributed by atoms with van der Waals surface area (Å²) in [7, 11) is -3.86. The highest BCUT2D eigenvalue weighted by Crippen LogP contribution is 2.57. The van der Waals surface area contributed by atoms with E-state index in [0.29, 0.717) is 12.3 Å². The number of rotatable bonds is 4. The third kappa shape index (κ3) is 2.45. The van der Waals surface area contributed by atoms with Crippen molar-refractivity contribution in [2.24, 2.45) is 35.3 Å². The molecule has 0 spiro atoms. The van der Waals surface area contributed by atoms with Gasteiger partial charge in [0.2, 0.25) is 0 Å². The van der Waals surface area contributed by atoms with Gasteiger partial charge in [-0.05, 0) is 68.1 Å². The molecule has 4 saturated carbocycles. The fourth-order valence-electron chi connectivity index (χ4n) is 5.14. The first-order chi connectivity index (χ1) is 8.42. The van der Waals surface area contributed by atoms with E-state index in [1.165, 1.54) is 32.1 Å². The molecule has 104 valence electrons. The number of hydrogen-bond acceptors (Lipinski definition) is 3. The topological polar surface area (TPSA) is 80.4 Å². The Morgan fingerprint density at radius 2 is 1.56 bits per heavy atom. The van der Waals surface area contributed by atoms with Crippen molar-refractivity contribution >= 4 is 10.1 Å². The molecule has 0 heterocycles. The van der Waals surface area contributed by atoms with Crippen molar-refractivity contribution < 1.29 is 13.0 Å². The third-order valence-corrected chi connectivity index (χ3v) is 6.25. The van der Waals surface area contributed by atoms with Crippen LogP contribution in [0.4, 0.5) is 0 Å². The van der Waals surface area contributed by atoms with Crippen molar-refractivity contribution in [3.8, 4) is 0 Å². The lowest BCUT2D eigenvalue weighted by atomic mass is 9.50. The summed E-state index contributed by atoms with van der Waals surface area (Å²) in [4.78, 5) is 0. The molecule has 4 rings (SSSR count). The lowest BCUT2D eigenvalue weighted by molar-refractivity contribution is -0.0469. The Morgan fingerprint density at radius 3 is 2.00 bits per heavy atom. The third-order valence-electron chi connectivity index (χ3n) is 5.50. The van der Waals surface area contributed by atoms with Gasteiger partial charge in [-0.25, -0.2) is 0 Å². The normalized spacial score (nSPS) is 44.2. The molecule has 4 aliphatic carbocycles. The van der Waals surface area contributed by atoms with Gasteiger partial charge in [-0.3, -0.25) is 4.55 Å². The van der Waals surface area contributed by atoms with Crippen LogP contribution in [0.15, 0.2) is 0 Å². The molecule has 0 aliphatic heterocycles. The van der Waals surface area contributed by atoms with Gasteiger partial charge < -0.3 is 5.73 Å². The molecule has 0 aromatic rings. The van der Waals surface area contributed by atoms with Crippen molar-refractivity contribution in [2.75, 3.05) is 5.75 Å². The van der Waals surface area contributed by atoms with Gasteiger partial charge in [-0.1, -0.05) is 0 Å². The van der Waals surface area contributed by atoms with Crippen LogP contribution < -0.4 is 5.73 Å². The average molecular weight is 273 g/mol. The van der Waals surface area contributed by atoms with Crippen molar-refractivity contribution in [3.63, 3.8) is 0 Å². The zero-order valence-electron chi connectivity index (χ0n) is 10.7. The Balaban J connectivity index is 1.65. The van der Waals surface area contributed by atoms with Crippen LogP contribution in [0.25, 0.3) is 0 Å². The van der Waals surface area contributed by atoms with Crippen LogP contribution in [0.3, 0.4) is 0 Å². The Morgan fingerprint density at radius 1 is 1.06 bits per heavy atom. The van der Waals surface area contributed by atoms with Gasteiger partial charge in [0.25, 0.3) is 10.1 Å². The zero-order valence-corrected chi connectivity index (χ0v) is 11.5. The van der Waals surface area contributed by atoms with E-state index in [-0.39, 0.29) is 11.8 Å². The Labute approximate surface area is 109 Å². The summed E-state index contributed by atoms with van der Waals surface area (Å²) in [5.41, 5.74) is 6.23. The fraction of sp³-hybridized carbons (Fsp3) is 1.00. The van der Waals surface area contributed by atoms with Gasteiger partial charge in [-0.2, -0.15) is 8.42 Å². The molecule has 0 aromatic carbocycles. The van der Waals surface area contributed by atoms with E-state index in [1.54, 1.807) is 0 Å². The first-order valence-corrected chi connectivity index (χ1v) is 8.74. The first kappa shape index (κ1) is 12.9. The summed E-state index contributed by atoms with van der Waals surface area (Å²) in [5.74, 6) is 3.58. The molecule has 1 unspecified atom stereocenters. The summed E-state index contributed by atoms with van der Waals surface area (Å²) in [5, 5.41) is 0. The van der Waals surface area contributed by atoms with Crippen molar-refractivity contribution in [3.05, 3.63) is 0 Å². The van der Waals surface area contributed by atoms with Crippen LogP contribution in [0.2, 0.25) is 0 Å². The van der Waals surface area contributed by atoms with Crippen LogP contribution in [-0.2, 0) is 10.1 Å².